The molecule has 0 fully saturated rings. The lowest BCUT2D eigenvalue weighted by Gasteiger charge is -2.12. The van der Waals surface area contributed by atoms with Gasteiger partial charge in [-0.1, -0.05) is 42.0 Å². The molecular formula is C23H22N4O. The summed E-state index contributed by atoms with van der Waals surface area (Å²) in [6.07, 6.45) is 0. The van der Waals surface area contributed by atoms with E-state index in [0.717, 1.165) is 28.2 Å². The third-order valence-corrected chi connectivity index (χ3v) is 4.79. The second kappa shape index (κ2) is 7.56. The molecule has 4 aromatic rings. The van der Waals surface area contributed by atoms with Crippen LogP contribution in [0.15, 0.2) is 72.8 Å². The molecule has 0 aliphatic heterocycles. The fourth-order valence-electron chi connectivity index (χ4n) is 3.19. The molecule has 0 saturated heterocycles. The Balaban J connectivity index is 1.51. The molecule has 0 saturated carbocycles. The van der Waals surface area contributed by atoms with Gasteiger partial charge in [0.05, 0.1) is 28.8 Å². The van der Waals surface area contributed by atoms with Crippen LogP contribution in [0.1, 0.15) is 21.7 Å². The average molecular weight is 370 g/mol. The van der Waals surface area contributed by atoms with Gasteiger partial charge in [-0.25, -0.2) is 4.98 Å². The van der Waals surface area contributed by atoms with E-state index < -0.39 is 0 Å². The van der Waals surface area contributed by atoms with E-state index in [4.69, 9.17) is 0 Å². The number of imidazole rings is 1. The maximum absolute atomic E-state index is 12.8. The van der Waals surface area contributed by atoms with Crippen molar-refractivity contribution in [2.75, 3.05) is 5.32 Å². The molecule has 0 aliphatic rings. The quantitative estimate of drug-likeness (QED) is 0.542. The second-order valence-corrected chi connectivity index (χ2v) is 6.80. The van der Waals surface area contributed by atoms with Gasteiger partial charge in [-0.3, -0.25) is 4.79 Å². The number of carbonyl (C=O) groups excluding carboxylic acids is 1. The SMILES string of the molecule is Cc1ccc(Nc2ccccc2C(=O)NCc2nc3ccccc3n2C)cc1. The standard InChI is InChI=1S/C23H22N4O/c1-16-11-13-17(14-12-16)25-19-8-4-3-7-18(19)23(28)24-15-22-26-20-9-5-6-10-21(20)27(22)2/h3-14,25H,15H2,1-2H3,(H,24,28). The van der Waals surface area contributed by atoms with E-state index in [2.05, 4.69) is 15.6 Å². The van der Waals surface area contributed by atoms with E-state index in [9.17, 15) is 4.79 Å². The van der Waals surface area contributed by atoms with Gasteiger partial charge in [0.2, 0.25) is 0 Å². The Morgan fingerprint density at radius 2 is 1.68 bits per heavy atom. The lowest BCUT2D eigenvalue weighted by atomic mass is 10.1. The molecule has 28 heavy (non-hydrogen) atoms. The first kappa shape index (κ1) is 17.8. The average Bonchev–Trinajstić information content (AvgIpc) is 3.04. The summed E-state index contributed by atoms with van der Waals surface area (Å²) in [7, 11) is 1.96. The largest absolute Gasteiger partial charge is 0.355 e. The third-order valence-electron chi connectivity index (χ3n) is 4.79. The molecule has 1 aromatic heterocycles. The molecule has 5 nitrogen and oxygen atoms in total. The molecule has 5 heteroatoms. The number of aryl methyl sites for hydroxylation is 2. The number of hydrogen-bond donors (Lipinski definition) is 2. The van der Waals surface area contributed by atoms with E-state index >= 15 is 0 Å². The van der Waals surface area contributed by atoms with E-state index in [1.165, 1.54) is 5.56 Å². The van der Waals surface area contributed by atoms with Crippen molar-refractivity contribution in [2.24, 2.45) is 7.05 Å². The zero-order valence-corrected chi connectivity index (χ0v) is 15.9. The summed E-state index contributed by atoms with van der Waals surface area (Å²) in [5, 5.41) is 6.32. The van der Waals surface area contributed by atoms with Crippen LogP contribution in [0.5, 0.6) is 0 Å². The highest BCUT2D eigenvalue weighted by Gasteiger charge is 2.13. The minimum absolute atomic E-state index is 0.137. The van der Waals surface area contributed by atoms with Gasteiger partial charge in [0, 0.05) is 12.7 Å². The van der Waals surface area contributed by atoms with Gasteiger partial charge in [-0.05, 0) is 43.3 Å². The van der Waals surface area contributed by atoms with Crippen molar-refractivity contribution in [1.29, 1.82) is 0 Å². The molecule has 2 N–H and O–H groups in total. The van der Waals surface area contributed by atoms with E-state index in [0.29, 0.717) is 12.1 Å². The number of fused-ring (bicyclic) bond motifs is 1. The summed E-state index contributed by atoms with van der Waals surface area (Å²) in [4.78, 5) is 17.4. The fraction of sp³-hybridized carbons (Fsp3) is 0.130. The Morgan fingerprint density at radius 3 is 2.46 bits per heavy atom. The smallest absolute Gasteiger partial charge is 0.253 e. The van der Waals surface area contributed by atoms with Crippen LogP contribution in [0.25, 0.3) is 11.0 Å². The minimum Gasteiger partial charge on any atom is -0.355 e. The number of carbonyl (C=O) groups is 1. The van der Waals surface area contributed by atoms with Crippen molar-refractivity contribution in [3.05, 3.63) is 89.7 Å². The zero-order chi connectivity index (χ0) is 19.5. The van der Waals surface area contributed by atoms with Crippen molar-refractivity contribution in [1.82, 2.24) is 14.9 Å². The molecule has 1 amide bonds. The normalized spacial score (nSPS) is 10.8. The first-order valence-electron chi connectivity index (χ1n) is 9.23. The van der Waals surface area contributed by atoms with Gasteiger partial charge in [0.25, 0.3) is 5.91 Å². The molecule has 0 aliphatic carbocycles. The Morgan fingerprint density at radius 1 is 0.964 bits per heavy atom. The number of aromatic nitrogens is 2. The number of benzene rings is 3. The Labute approximate surface area is 164 Å². The fourth-order valence-corrected chi connectivity index (χ4v) is 3.19. The van der Waals surface area contributed by atoms with Gasteiger partial charge >= 0.3 is 0 Å². The number of anilines is 2. The molecule has 4 rings (SSSR count). The van der Waals surface area contributed by atoms with E-state index in [1.54, 1.807) is 0 Å². The molecule has 0 spiro atoms. The third kappa shape index (κ3) is 3.60. The predicted octanol–water partition coefficient (Wildman–Crippen LogP) is 4.56. The summed E-state index contributed by atoms with van der Waals surface area (Å²) in [6, 6.07) is 23.5. The molecule has 0 unspecified atom stereocenters. The van der Waals surface area contributed by atoms with Crippen molar-refractivity contribution >= 4 is 28.3 Å². The molecule has 0 bridgehead atoms. The Bertz CT molecular complexity index is 1130. The summed E-state index contributed by atoms with van der Waals surface area (Å²) in [5.74, 6) is 0.681. The maximum Gasteiger partial charge on any atom is 0.253 e. The lowest BCUT2D eigenvalue weighted by Crippen LogP contribution is -2.25. The van der Waals surface area contributed by atoms with Gasteiger partial charge < -0.3 is 15.2 Å². The van der Waals surface area contributed by atoms with E-state index in [1.807, 2.05) is 91.3 Å². The molecular weight excluding hydrogens is 348 g/mol. The summed E-state index contributed by atoms with van der Waals surface area (Å²) in [6.45, 7) is 2.41. The van der Waals surface area contributed by atoms with Crippen LogP contribution in [0.4, 0.5) is 11.4 Å². The van der Waals surface area contributed by atoms with Gasteiger partial charge in [-0.15, -0.1) is 0 Å². The number of nitrogens with one attached hydrogen (secondary N) is 2. The van der Waals surface area contributed by atoms with Crippen molar-refractivity contribution < 1.29 is 4.79 Å². The van der Waals surface area contributed by atoms with Crippen LogP contribution in [0.3, 0.4) is 0 Å². The van der Waals surface area contributed by atoms with Gasteiger partial charge in [-0.2, -0.15) is 0 Å². The highest BCUT2D eigenvalue weighted by atomic mass is 16.1. The van der Waals surface area contributed by atoms with Crippen LogP contribution in [0.2, 0.25) is 0 Å². The van der Waals surface area contributed by atoms with Crippen molar-refractivity contribution in [2.45, 2.75) is 13.5 Å². The summed E-state index contributed by atoms with van der Waals surface area (Å²) < 4.78 is 2.01. The minimum atomic E-state index is -0.137. The number of rotatable bonds is 5. The summed E-state index contributed by atoms with van der Waals surface area (Å²) in [5.41, 5.74) is 5.49. The zero-order valence-electron chi connectivity index (χ0n) is 15.9. The first-order valence-corrected chi connectivity index (χ1v) is 9.23. The summed E-state index contributed by atoms with van der Waals surface area (Å²) >= 11 is 0. The van der Waals surface area contributed by atoms with Gasteiger partial charge in [0.15, 0.2) is 0 Å². The monoisotopic (exact) mass is 370 g/mol. The topological polar surface area (TPSA) is 59.0 Å². The molecule has 1 heterocycles. The number of amides is 1. The van der Waals surface area contributed by atoms with Crippen molar-refractivity contribution in [3.8, 4) is 0 Å². The molecule has 0 radical (unpaired) electrons. The van der Waals surface area contributed by atoms with Crippen LogP contribution in [-0.2, 0) is 13.6 Å². The van der Waals surface area contributed by atoms with Crippen molar-refractivity contribution in [3.63, 3.8) is 0 Å². The van der Waals surface area contributed by atoms with Gasteiger partial charge in [0.1, 0.15) is 5.82 Å². The van der Waals surface area contributed by atoms with Crippen LogP contribution in [-0.4, -0.2) is 15.5 Å². The lowest BCUT2D eigenvalue weighted by molar-refractivity contribution is 0.0950. The second-order valence-electron chi connectivity index (χ2n) is 6.80. The van der Waals surface area contributed by atoms with Crippen LogP contribution >= 0.6 is 0 Å². The molecule has 140 valence electrons. The van der Waals surface area contributed by atoms with E-state index in [-0.39, 0.29) is 5.91 Å². The Kier molecular flexibility index (Phi) is 4.81. The predicted molar refractivity (Wildman–Crippen MR) is 113 cm³/mol. The van der Waals surface area contributed by atoms with Crippen LogP contribution < -0.4 is 10.6 Å². The Hall–Kier alpha value is -3.60. The highest BCUT2D eigenvalue weighted by molar-refractivity contribution is 6.00. The molecule has 0 atom stereocenters. The number of nitrogens with zero attached hydrogens (tertiary/aromatic N) is 2. The van der Waals surface area contributed by atoms with Crippen LogP contribution in [0, 0.1) is 6.92 Å². The number of para-hydroxylation sites is 3. The maximum atomic E-state index is 12.8. The highest BCUT2D eigenvalue weighted by Crippen LogP contribution is 2.21. The first-order chi connectivity index (χ1) is 13.6. The number of hydrogen-bond acceptors (Lipinski definition) is 3. The molecule has 3 aromatic carbocycles.